The Bertz CT molecular complexity index is 588. The summed E-state index contributed by atoms with van der Waals surface area (Å²) in [6.45, 7) is -0.119. The van der Waals surface area contributed by atoms with Crippen molar-refractivity contribution < 1.29 is 19.7 Å². The van der Waals surface area contributed by atoms with E-state index in [4.69, 9.17) is 26.2 Å². The van der Waals surface area contributed by atoms with Gasteiger partial charge in [-0.3, -0.25) is 0 Å². The summed E-state index contributed by atoms with van der Waals surface area (Å²) in [6, 6.07) is 14.4. The van der Waals surface area contributed by atoms with E-state index in [9.17, 15) is 5.11 Å². The highest BCUT2D eigenvalue weighted by Crippen LogP contribution is 2.35. The highest BCUT2D eigenvalue weighted by molar-refractivity contribution is 6.30. The zero-order valence-corrected chi connectivity index (χ0v) is 13.0. The number of aliphatic hydroxyl groups is 2. The van der Waals surface area contributed by atoms with Gasteiger partial charge in [0.2, 0.25) is 0 Å². The Morgan fingerprint density at radius 2 is 1.82 bits per heavy atom. The van der Waals surface area contributed by atoms with Gasteiger partial charge in [-0.15, -0.1) is 0 Å². The molecule has 2 N–H and O–H groups in total. The molecule has 0 aliphatic heterocycles. The molecule has 0 aliphatic carbocycles. The quantitative estimate of drug-likeness (QED) is 0.822. The molecule has 4 nitrogen and oxygen atoms in total. The van der Waals surface area contributed by atoms with Gasteiger partial charge in [0, 0.05) is 24.1 Å². The summed E-state index contributed by atoms with van der Waals surface area (Å²) in [4.78, 5) is 0. The molecule has 0 bridgehead atoms. The van der Waals surface area contributed by atoms with Crippen LogP contribution in [0, 0.1) is 0 Å². The average molecular weight is 323 g/mol. The van der Waals surface area contributed by atoms with E-state index in [1.807, 2.05) is 30.3 Å². The second-order valence-electron chi connectivity index (χ2n) is 4.82. The van der Waals surface area contributed by atoms with E-state index < -0.39 is 12.2 Å². The topological polar surface area (TPSA) is 58.9 Å². The summed E-state index contributed by atoms with van der Waals surface area (Å²) in [5.74, 6) is 0.974. The fraction of sp³-hybridized carbons (Fsp3) is 0.294. The standard InChI is InChI=1S/C17H19ClO4/c1-21-16-11-13(18)7-8-15(16)22-17(14(20)9-10-19)12-5-3-2-4-6-12/h2-8,11,14,17,19-20H,9-10H2,1H3/t14-,17+/m1/s1. The van der Waals surface area contributed by atoms with Crippen LogP contribution in [0.1, 0.15) is 18.1 Å². The van der Waals surface area contributed by atoms with Crippen molar-refractivity contribution >= 4 is 11.6 Å². The van der Waals surface area contributed by atoms with Crippen molar-refractivity contribution in [3.8, 4) is 11.5 Å². The van der Waals surface area contributed by atoms with E-state index in [1.54, 1.807) is 18.2 Å². The first-order valence-electron chi connectivity index (χ1n) is 6.99. The van der Waals surface area contributed by atoms with Crippen LogP contribution < -0.4 is 9.47 Å². The van der Waals surface area contributed by atoms with Gasteiger partial charge in [0.25, 0.3) is 0 Å². The zero-order valence-electron chi connectivity index (χ0n) is 12.3. The van der Waals surface area contributed by atoms with Crippen molar-refractivity contribution in [2.75, 3.05) is 13.7 Å². The van der Waals surface area contributed by atoms with E-state index >= 15 is 0 Å². The summed E-state index contributed by atoms with van der Waals surface area (Å²) in [5.41, 5.74) is 0.820. The number of rotatable bonds is 7. The molecule has 0 aliphatic rings. The molecule has 0 aromatic heterocycles. The van der Waals surface area contributed by atoms with Crippen molar-refractivity contribution in [1.29, 1.82) is 0 Å². The second-order valence-corrected chi connectivity index (χ2v) is 5.26. The molecular weight excluding hydrogens is 304 g/mol. The number of hydrogen-bond acceptors (Lipinski definition) is 4. The van der Waals surface area contributed by atoms with Crippen LogP contribution in [0.3, 0.4) is 0 Å². The Hall–Kier alpha value is -1.75. The number of halogens is 1. The molecule has 0 radical (unpaired) electrons. The highest BCUT2D eigenvalue weighted by atomic mass is 35.5. The van der Waals surface area contributed by atoms with Gasteiger partial charge in [-0.05, 0) is 17.7 Å². The molecule has 118 valence electrons. The molecule has 0 spiro atoms. The molecule has 0 amide bonds. The minimum atomic E-state index is -0.840. The molecule has 2 aromatic carbocycles. The van der Waals surface area contributed by atoms with Crippen molar-refractivity contribution in [2.24, 2.45) is 0 Å². The molecule has 0 fully saturated rings. The molecule has 0 heterocycles. The van der Waals surface area contributed by atoms with Crippen molar-refractivity contribution in [3.05, 3.63) is 59.1 Å². The lowest BCUT2D eigenvalue weighted by Crippen LogP contribution is -2.25. The van der Waals surface area contributed by atoms with Crippen molar-refractivity contribution in [2.45, 2.75) is 18.6 Å². The number of ether oxygens (including phenoxy) is 2. The molecule has 0 unspecified atom stereocenters. The lowest BCUT2D eigenvalue weighted by Gasteiger charge is -2.25. The minimum absolute atomic E-state index is 0.119. The number of benzene rings is 2. The van der Waals surface area contributed by atoms with Gasteiger partial charge in [0.15, 0.2) is 11.5 Å². The summed E-state index contributed by atoms with van der Waals surface area (Å²) in [7, 11) is 1.53. The Labute approximate surface area is 134 Å². The third-order valence-electron chi connectivity index (χ3n) is 3.28. The first kappa shape index (κ1) is 16.6. The summed E-state index contributed by atoms with van der Waals surface area (Å²) < 4.78 is 11.2. The molecule has 22 heavy (non-hydrogen) atoms. The third-order valence-corrected chi connectivity index (χ3v) is 3.52. The lowest BCUT2D eigenvalue weighted by atomic mass is 10.0. The lowest BCUT2D eigenvalue weighted by molar-refractivity contribution is 0.0181. The fourth-order valence-corrected chi connectivity index (χ4v) is 2.33. The van der Waals surface area contributed by atoms with Crippen LogP contribution in [0.15, 0.2) is 48.5 Å². The maximum Gasteiger partial charge on any atom is 0.162 e. The van der Waals surface area contributed by atoms with E-state index in [0.29, 0.717) is 16.5 Å². The molecule has 2 rings (SSSR count). The fourth-order valence-electron chi connectivity index (χ4n) is 2.17. The first-order chi connectivity index (χ1) is 10.7. The van der Waals surface area contributed by atoms with Crippen molar-refractivity contribution in [1.82, 2.24) is 0 Å². The Balaban J connectivity index is 2.30. The number of aliphatic hydroxyl groups excluding tert-OH is 2. The smallest absolute Gasteiger partial charge is 0.162 e. The highest BCUT2D eigenvalue weighted by Gasteiger charge is 2.24. The molecule has 0 saturated heterocycles. The van der Waals surface area contributed by atoms with Gasteiger partial charge < -0.3 is 19.7 Å². The number of methoxy groups -OCH3 is 1. The summed E-state index contributed by atoms with van der Waals surface area (Å²) in [6.07, 6.45) is -1.23. The third kappa shape index (κ3) is 4.13. The minimum Gasteiger partial charge on any atom is -0.493 e. The van der Waals surface area contributed by atoms with Gasteiger partial charge >= 0.3 is 0 Å². The van der Waals surface area contributed by atoms with E-state index in [1.165, 1.54) is 7.11 Å². The van der Waals surface area contributed by atoms with Gasteiger partial charge in [-0.1, -0.05) is 41.9 Å². The van der Waals surface area contributed by atoms with Crippen LogP contribution in [0.25, 0.3) is 0 Å². The Kier molecular flexibility index (Phi) is 6.07. The molecule has 0 saturated carbocycles. The van der Waals surface area contributed by atoms with E-state index in [-0.39, 0.29) is 13.0 Å². The maximum atomic E-state index is 10.3. The number of hydrogen-bond donors (Lipinski definition) is 2. The molecule has 5 heteroatoms. The van der Waals surface area contributed by atoms with Gasteiger partial charge in [-0.25, -0.2) is 0 Å². The van der Waals surface area contributed by atoms with E-state index in [2.05, 4.69) is 0 Å². The molecule has 2 atom stereocenters. The Morgan fingerprint density at radius 1 is 1.09 bits per heavy atom. The van der Waals surface area contributed by atoms with Gasteiger partial charge in [0.1, 0.15) is 6.10 Å². The van der Waals surface area contributed by atoms with Crippen LogP contribution in [0.2, 0.25) is 5.02 Å². The SMILES string of the molecule is COc1cc(Cl)ccc1O[C@@H](c1ccccc1)[C@H](O)CCO. The first-order valence-corrected chi connectivity index (χ1v) is 7.37. The van der Waals surface area contributed by atoms with Crippen LogP contribution in [-0.2, 0) is 0 Å². The predicted molar refractivity (Wildman–Crippen MR) is 85.5 cm³/mol. The second kappa shape index (κ2) is 8.03. The van der Waals surface area contributed by atoms with Crippen molar-refractivity contribution in [3.63, 3.8) is 0 Å². The summed E-state index contributed by atoms with van der Waals surface area (Å²) >= 11 is 5.94. The molecular formula is C17H19ClO4. The average Bonchev–Trinajstić information content (AvgIpc) is 2.54. The monoisotopic (exact) mass is 322 g/mol. The zero-order chi connectivity index (χ0) is 15.9. The van der Waals surface area contributed by atoms with Gasteiger partial charge in [0.05, 0.1) is 13.2 Å². The Morgan fingerprint density at radius 3 is 2.45 bits per heavy atom. The van der Waals surface area contributed by atoms with Crippen LogP contribution in [-0.4, -0.2) is 30.0 Å². The largest absolute Gasteiger partial charge is 0.493 e. The van der Waals surface area contributed by atoms with Crippen LogP contribution in [0.5, 0.6) is 11.5 Å². The van der Waals surface area contributed by atoms with Crippen LogP contribution in [0.4, 0.5) is 0 Å². The van der Waals surface area contributed by atoms with Gasteiger partial charge in [-0.2, -0.15) is 0 Å². The summed E-state index contributed by atoms with van der Waals surface area (Å²) in [5, 5.41) is 19.9. The molecule has 2 aromatic rings. The predicted octanol–water partition coefficient (Wildman–Crippen LogP) is 3.21. The maximum absolute atomic E-state index is 10.3. The van der Waals surface area contributed by atoms with E-state index in [0.717, 1.165) is 5.56 Å². The normalized spacial score (nSPS) is 13.5. The van der Waals surface area contributed by atoms with Crippen LogP contribution >= 0.6 is 11.6 Å².